The standard InChI is InChI=1S/C11H17NOS/c1-3-12-11-7-13-6-10(11)9-4-5-14-8(9)2/h4-5,10-12H,3,6-7H2,1-2H3. The lowest BCUT2D eigenvalue weighted by Crippen LogP contribution is -2.34. The largest absolute Gasteiger partial charge is 0.379 e. The minimum absolute atomic E-state index is 0.508. The number of thiophene rings is 1. The van der Waals surface area contributed by atoms with Crippen LogP contribution in [0.1, 0.15) is 23.3 Å². The number of hydrogen-bond acceptors (Lipinski definition) is 3. The van der Waals surface area contributed by atoms with E-state index in [1.165, 1.54) is 10.4 Å². The molecule has 1 fully saturated rings. The quantitative estimate of drug-likeness (QED) is 0.827. The summed E-state index contributed by atoms with van der Waals surface area (Å²) in [7, 11) is 0. The van der Waals surface area contributed by atoms with E-state index in [2.05, 4.69) is 30.6 Å². The van der Waals surface area contributed by atoms with Gasteiger partial charge < -0.3 is 10.1 Å². The summed E-state index contributed by atoms with van der Waals surface area (Å²) in [5.74, 6) is 0.557. The summed E-state index contributed by atoms with van der Waals surface area (Å²) in [5, 5.41) is 5.66. The highest BCUT2D eigenvalue weighted by molar-refractivity contribution is 7.10. The Kier molecular flexibility index (Phi) is 3.21. The molecule has 0 spiro atoms. The van der Waals surface area contributed by atoms with Crippen molar-refractivity contribution in [2.45, 2.75) is 25.8 Å². The lowest BCUT2D eigenvalue weighted by molar-refractivity contribution is 0.188. The Labute approximate surface area is 89.3 Å². The molecule has 0 radical (unpaired) electrons. The molecule has 3 heteroatoms. The fourth-order valence-corrected chi connectivity index (χ4v) is 2.88. The first-order valence-electron chi connectivity index (χ1n) is 5.18. The monoisotopic (exact) mass is 211 g/mol. The van der Waals surface area contributed by atoms with Gasteiger partial charge in [0.2, 0.25) is 0 Å². The molecule has 2 heterocycles. The van der Waals surface area contributed by atoms with E-state index in [-0.39, 0.29) is 0 Å². The Bertz CT molecular complexity index is 297. The zero-order chi connectivity index (χ0) is 9.97. The van der Waals surface area contributed by atoms with E-state index in [1.807, 2.05) is 11.3 Å². The molecule has 1 aliphatic heterocycles. The van der Waals surface area contributed by atoms with Gasteiger partial charge in [-0.2, -0.15) is 0 Å². The number of likely N-dealkylation sites (N-methyl/N-ethyl adjacent to an activating group) is 1. The lowest BCUT2D eigenvalue weighted by atomic mass is 9.95. The fraction of sp³-hybridized carbons (Fsp3) is 0.636. The molecule has 1 saturated heterocycles. The van der Waals surface area contributed by atoms with Crippen LogP contribution in [0.3, 0.4) is 0 Å². The highest BCUT2D eigenvalue weighted by Crippen LogP contribution is 2.30. The second kappa shape index (κ2) is 4.43. The summed E-state index contributed by atoms with van der Waals surface area (Å²) in [5.41, 5.74) is 1.47. The van der Waals surface area contributed by atoms with Crippen LogP contribution in [0, 0.1) is 6.92 Å². The SMILES string of the molecule is CCNC1COCC1c1ccsc1C. The molecule has 0 amide bonds. The maximum absolute atomic E-state index is 5.54. The number of hydrogen-bond donors (Lipinski definition) is 1. The van der Waals surface area contributed by atoms with Crippen LogP contribution < -0.4 is 5.32 Å². The summed E-state index contributed by atoms with van der Waals surface area (Å²) >= 11 is 1.83. The maximum atomic E-state index is 5.54. The molecule has 1 aliphatic rings. The zero-order valence-electron chi connectivity index (χ0n) is 8.75. The molecule has 1 aromatic heterocycles. The van der Waals surface area contributed by atoms with E-state index >= 15 is 0 Å². The first-order chi connectivity index (χ1) is 6.83. The van der Waals surface area contributed by atoms with Gasteiger partial charge in [-0.1, -0.05) is 6.92 Å². The third-order valence-electron chi connectivity index (χ3n) is 2.85. The molecular formula is C11H17NOS. The number of aryl methyl sites for hydroxylation is 1. The second-order valence-corrected chi connectivity index (χ2v) is 4.86. The van der Waals surface area contributed by atoms with E-state index < -0.39 is 0 Å². The van der Waals surface area contributed by atoms with Crippen LogP contribution in [0.5, 0.6) is 0 Å². The Balaban J connectivity index is 2.13. The molecule has 0 bridgehead atoms. The van der Waals surface area contributed by atoms with Gasteiger partial charge in [-0.3, -0.25) is 0 Å². The minimum Gasteiger partial charge on any atom is -0.379 e. The predicted molar refractivity (Wildman–Crippen MR) is 60.1 cm³/mol. The van der Waals surface area contributed by atoms with Crippen molar-refractivity contribution in [1.82, 2.24) is 5.32 Å². The Hall–Kier alpha value is -0.380. The predicted octanol–water partition coefficient (Wildman–Crippen LogP) is 2.15. The summed E-state index contributed by atoms with van der Waals surface area (Å²) in [6.07, 6.45) is 0. The average molecular weight is 211 g/mol. The van der Waals surface area contributed by atoms with Crippen LogP contribution >= 0.6 is 11.3 Å². The van der Waals surface area contributed by atoms with Crippen LogP contribution in [-0.4, -0.2) is 25.8 Å². The topological polar surface area (TPSA) is 21.3 Å². The summed E-state index contributed by atoms with van der Waals surface area (Å²) in [6.45, 7) is 7.09. The van der Waals surface area contributed by atoms with Gasteiger partial charge in [0.05, 0.1) is 13.2 Å². The molecule has 1 aromatic rings. The number of rotatable bonds is 3. The number of nitrogens with one attached hydrogen (secondary N) is 1. The molecule has 2 unspecified atom stereocenters. The summed E-state index contributed by atoms with van der Waals surface area (Å²) in [6, 6.07) is 2.75. The van der Waals surface area contributed by atoms with Gasteiger partial charge in [0, 0.05) is 16.8 Å². The molecule has 78 valence electrons. The fourth-order valence-electron chi connectivity index (χ4n) is 2.10. The molecule has 0 aromatic carbocycles. The van der Waals surface area contributed by atoms with Crippen molar-refractivity contribution in [3.8, 4) is 0 Å². The van der Waals surface area contributed by atoms with Crippen molar-refractivity contribution >= 4 is 11.3 Å². The van der Waals surface area contributed by atoms with Gasteiger partial charge in [0.25, 0.3) is 0 Å². The van der Waals surface area contributed by atoms with Crippen molar-refractivity contribution in [1.29, 1.82) is 0 Å². The Morgan fingerprint density at radius 1 is 1.57 bits per heavy atom. The molecule has 14 heavy (non-hydrogen) atoms. The van der Waals surface area contributed by atoms with Gasteiger partial charge in [0.15, 0.2) is 0 Å². The van der Waals surface area contributed by atoms with Crippen molar-refractivity contribution in [2.24, 2.45) is 0 Å². The normalized spacial score (nSPS) is 27.0. The minimum atomic E-state index is 0.508. The second-order valence-electron chi connectivity index (χ2n) is 3.74. The van der Waals surface area contributed by atoms with Crippen molar-refractivity contribution < 1.29 is 4.74 Å². The summed E-state index contributed by atoms with van der Waals surface area (Å²) in [4.78, 5) is 1.43. The average Bonchev–Trinajstić information content (AvgIpc) is 2.74. The zero-order valence-corrected chi connectivity index (χ0v) is 9.56. The third kappa shape index (κ3) is 1.85. The van der Waals surface area contributed by atoms with Crippen molar-refractivity contribution in [3.05, 3.63) is 21.9 Å². The molecule has 2 rings (SSSR count). The molecule has 0 aliphatic carbocycles. The van der Waals surface area contributed by atoms with E-state index in [0.29, 0.717) is 12.0 Å². The first-order valence-corrected chi connectivity index (χ1v) is 6.06. The smallest absolute Gasteiger partial charge is 0.0626 e. The third-order valence-corrected chi connectivity index (χ3v) is 3.71. The maximum Gasteiger partial charge on any atom is 0.0626 e. The summed E-state index contributed by atoms with van der Waals surface area (Å²) < 4.78 is 5.54. The molecule has 2 nitrogen and oxygen atoms in total. The first kappa shape index (κ1) is 10.1. The van der Waals surface area contributed by atoms with Crippen LogP contribution in [0.15, 0.2) is 11.4 Å². The molecule has 0 saturated carbocycles. The molecule has 1 N–H and O–H groups in total. The van der Waals surface area contributed by atoms with Crippen molar-refractivity contribution in [2.75, 3.05) is 19.8 Å². The Morgan fingerprint density at radius 2 is 2.43 bits per heavy atom. The van der Waals surface area contributed by atoms with Crippen molar-refractivity contribution in [3.63, 3.8) is 0 Å². The van der Waals surface area contributed by atoms with Crippen LogP contribution in [0.2, 0.25) is 0 Å². The van der Waals surface area contributed by atoms with E-state index in [9.17, 15) is 0 Å². The van der Waals surface area contributed by atoms with Gasteiger partial charge in [0.1, 0.15) is 0 Å². The van der Waals surface area contributed by atoms with E-state index in [0.717, 1.165) is 19.8 Å². The van der Waals surface area contributed by atoms with Crippen LogP contribution in [0.25, 0.3) is 0 Å². The van der Waals surface area contributed by atoms with Crippen LogP contribution in [-0.2, 0) is 4.74 Å². The highest BCUT2D eigenvalue weighted by Gasteiger charge is 2.29. The molecular weight excluding hydrogens is 194 g/mol. The van der Waals surface area contributed by atoms with E-state index in [1.54, 1.807) is 0 Å². The number of ether oxygens (including phenoxy) is 1. The highest BCUT2D eigenvalue weighted by atomic mass is 32.1. The van der Waals surface area contributed by atoms with Crippen LogP contribution in [0.4, 0.5) is 0 Å². The van der Waals surface area contributed by atoms with Gasteiger partial charge in [-0.05, 0) is 30.5 Å². The Morgan fingerprint density at radius 3 is 3.07 bits per heavy atom. The molecule has 2 atom stereocenters. The van der Waals surface area contributed by atoms with Gasteiger partial charge in [-0.25, -0.2) is 0 Å². The van der Waals surface area contributed by atoms with Gasteiger partial charge >= 0.3 is 0 Å². The van der Waals surface area contributed by atoms with Gasteiger partial charge in [-0.15, -0.1) is 11.3 Å². The lowest BCUT2D eigenvalue weighted by Gasteiger charge is -2.18. The van der Waals surface area contributed by atoms with E-state index in [4.69, 9.17) is 4.74 Å².